The summed E-state index contributed by atoms with van der Waals surface area (Å²) in [7, 11) is 0. The molecule has 4 rings (SSSR count). The fourth-order valence-electron chi connectivity index (χ4n) is 3.61. The Morgan fingerprint density at radius 1 is 1.19 bits per heavy atom. The molecule has 0 saturated heterocycles. The first-order valence-corrected chi connectivity index (χ1v) is 10.00. The number of pyridine rings is 1. The zero-order chi connectivity index (χ0) is 18.6. The zero-order valence-corrected chi connectivity index (χ0v) is 15.6. The van der Waals surface area contributed by atoms with Crippen LogP contribution in [0, 0.1) is 10.1 Å². The van der Waals surface area contributed by atoms with E-state index in [2.05, 4.69) is 14.9 Å². The first-order valence-electron chi connectivity index (χ1n) is 9.12. The minimum atomic E-state index is -0.345. The number of nitrogens with zero attached hydrogens (tertiary/aromatic N) is 4. The molecule has 1 aliphatic rings. The molecule has 0 unspecified atom stereocenters. The Labute approximate surface area is 161 Å². The molecule has 6 nitrogen and oxygen atoms in total. The Kier molecular flexibility index (Phi) is 5.11. The molecular weight excluding hydrogens is 360 g/mol. The van der Waals surface area contributed by atoms with E-state index in [9.17, 15) is 10.1 Å². The summed E-state index contributed by atoms with van der Waals surface area (Å²) < 4.78 is 2.27. The number of nitro benzene ring substituents is 1. The van der Waals surface area contributed by atoms with Gasteiger partial charge in [-0.3, -0.25) is 15.1 Å². The van der Waals surface area contributed by atoms with Crippen molar-refractivity contribution in [3.63, 3.8) is 0 Å². The first kappa shape index (κ1) is 17.6. The maximum atomic E-state index is 11.2. The topological polar surface area (TPSA) is 73.3 Å². The number of aromatic nitrogens is 2. The number of hydrogen-bond acceptors (Lipinski definition) is 5. The molecule has 0 bridgehead atoms. The molecule has 0 radical (unpaired) electrons. The van der Waals surface area contributed by atoms with Crippen LogP contribution in [0.15, 0.2) is 59.2 Å². The van der Waals surface area contributed by atoms with Crippen LogP contribution in [0.2, 0.25) is 0 Å². The summed E-state index contributed by atoms with van der Waals surface area (Å²) in [6, 6.07) is 11.0. The van der Waals surface area contributed by atoms with Gasteiger partial charge in [0.25, 0.3) is 5.69 Å². The lowest BCUT2D eigenvalue weighted by atomic mass is 9.95. The van der Waals surface area contributed by atoms with Gasteiger partial charge in [0.05, 0.1) is 22.5 Å². The Morgan fingerprint density at radius 2 is 2.04 bits per heavy atom. The summed E-state index contributed by atoms with van der Waals surface area (Å²) >= 11 is 1.57. The van der Waals surface area contributed by atoms with Gasteiger partial charge in [-0.15, -0.1) is 11.3 Å². The van der Waals surface area contributed by atoms with Gasteiger partial charge >= 0.3 is 0 Å². The highest BCUT2D eigenvalue weighted by Crippen LogP contribution is 2.33. The van der Waals surface area contributed by atoms with Crippen LogP contribution in [0.4, 0.5) is 11.4 Å². The summed E-state index contributed by atoms with van der Waals surface area (Å²) in [4.78, 5) is 20.7. The van der Waals surface area contributed by atoms with Gasteiger partial charge < -0.3 is 4.57 Å². The molecule has 0 amide bonds. The van der Waals surface area contributed by atoms with Crippen molar-refractivity contribution in [1.29, 1.82) is 0 Å². The van der Waals surface area contributed by atoms with E-state index in [1.54, 1.807) is 35.9 Å². The fraction of sp³-hybridized carbons (Fsp3) is 0.300. The molecule has 138 valence electrons. The minimum Gasteiger partial charge on any atom is -0.313 e. The lowest BCUT2D eigenvalue weighted by molar-refractivity contribution is -0.384. The van der Waals surface area contributed by atoms with Crippen LogP contribution in [0.25, 0.3) is 11.3 Å². The Hall–Kier alpha value is -2.80. The van der Waals surface area contributed by atoms with Crippen molar-refractivity contribution in [3.05, 3.63) is 69.1 Å². The number of benzene rings is 1. The normalized spacial score (nSPS) is 15.8. The summed E-state index contributed by atoms with van der Waals surface area (Å²) in [6.07, 6.45) is 9.37. The molecule has 0 spiro atoms. The second kappa shape index (κ2) is 7.84. The molecular formula is C20H20N4O2S. The predicted molar refractivity (Wildman–Crippen MR) is 106 cm³/mol. The van der Waals surface area contributed by atoms with Crippen LogP contribution in [-0.4, -0.2) is 14.5 Å². The molecule has 0 aliphatic heterocycles. The Morgan fingerprint density at radius 3 is 2.78 bits per heavy atom. The quantitative estimate of drug-likeness (QED) is 0.458. The van der Waals surface area contributed by atoms with Crippen molar-refractivity contribution < 1.29 is 4.92 Å². The third-order valence-corrected chi connectivity index (χ3v) is 5.74. The van der Waals surface area contributed by atoms with E-state index in [1.807, 2.05) is 18.2 Å². The molecule has 1 fully saturated rings. The molecule has 2 aromatic heterocycles. The van der Waals surface area contributed by atoms with E-state index < -0.39 is 0 Å². The van der Waals surface area contributed by atoms with Gasteiger partial charge in [0.2, 0.25) is 0 Å². The number of hydrogen-bond donors (Lipinski definition) is 0. The smallest absolute Gasteiger partial charge is 0.270 e. The van der Waals surface area contributed by atoms with Crippen LogP contribution in [-0.2, 0) is 0 Å². The average Bonchev–Trinajstić information content (AvgIpc) is 3.13. The third kappa shape index (κ3) is 3.83. The molecule has 3 aromatic rings. The zero-order valence-electron chi connectivity index (χ0n) is 14.8. The predicted octanol–water partition coefficient (Wildman–Crippen LogP) is 5.26. The Bertz CT molecular complexity index is 1000. The van der Waals surface area contributed by atoms with Gasteiger partial charge in [0, 0.05) is 35.3 Å². The molecule has 1 saturated carbocycles. The average molecular weight is 380 g/mol. The molecule has 27 heavy (non-hydrogen) atoms. The van der Waals surface area contributed by atoms with Crippen molar-refractivity contribution in [2.75, 3.05) is 0 Å². The molecule has 0 N–H and O–H groups in total. The van der Waals surface area contributed by atoms with Crippen molar-refractivity contribution in [2.45, 2.75) is 38.1 Å². The highest BCUT2D eigenvalue weighted by atomic mass is 32.1. The maximum absolute atomic E-state index is 11.2. The first-order chi connectivity index (χ1) is 13.2. The third-order valence-electron chi connectivity index (χ3n) is 4.90. The Balaban J connectivity index is 1.86. The van der Waals surface area contributed by atoms with Crippen LogP contribution < -0.4 is 4.80 Å². The molecule has 7 heteroatoms. The van der Waals surface area contributed by atoms with Crippen LogP contribution in [0.5, 0.6) is 0 Å². The van der Waals surface area contributed by atoms with Gasteiger partial charge in [-0.1, -0.05) is 31.4 Å². The lowest BCUT2D eigenvalue weighted by Crippen LogP contribution is -2.23. The minimum absolute atomic E-state index is 0.111. The highest BCUT2D eigenvalue weighted by Gasteiger charge is 2.21. The number of nitro groups is 1. The van der Waals surface area contributed by atoms with E-state index in [0.717, 1.165) is 34.6 Å². The SMILES string of the molecule is O=[N+]([O-])c1cccc(-c2csc(=Nc3cccnc3)n2C2CCCCC2)c1. The summed E-state index contributed by atoms with van der Waals surface area (Å²) in [5, 5.41) is 13.3. The number of thiazole rings is 1. The van der Waals surface area contributed by atoms with Gasteiger partial charge in [0.1, 0.15) is 0 Å². The van der Waals surface area contributed by atoms with Gasteiger partial charge in [-0.2, -0.15) is 0 Å². The number of rotatable bonds is 4. The van der Waals surface area contributed by atoms with E-state index in [0.29, 0.717) is 6.04 Å². The van der Waals surface area contributed by atoms with Gasteiger partial charge in [-0.05, 0) is 25.0 Å². The highest BCUT2D eigenvalue weighted by molar-refractivity contribution is 7.07. The van der Waals surface area contributed by atoms with Crippen molar-refractivity contribution in [1.82, 2.24) is 9.55 Å². The largest absolute Gasteiger partial charge is 0.313 e. The second-order valence-corrected chi connectivity index (χ2v) is 7.53. The molecule has 1 aromatic carbocycles. The standard InChI is InChI=1S/C20H20N4O2S/c25-24(26)18-10-4-6-15(12-18)19-14-27-20(22-16-7-5-11-21-13-16)23(19)17-8-2-1-3-9-17/h4-7,10-14,17H,1-3,8-9H2. The van der Waals surface area contributed by atoms with E-state index in [1.165, 1.54) is 25.3 Å². The van der Waals surface area contributed by atoms with Crippen molar-refractivity contribution in [3.8, 4) is 11.3 Å². The summed E-state index contributed by atoms with van der Waals surface area (Å²) in [5.74, 6) is 0. The lowest BCUT2D eigenvalue weighted by Gasteiger charge is -2.25. The summed E-state index contributed by atoms with van der Waals surface area (Å²) in [5.41, 5.74) is 2.78. The maximum Gasteiger partial charge on any atom is 0.270 e. The van der Waals surface area contributed by atoms with E-state index >= 15 is 0 Å². The van der Waals surface area contributed by atoms with Crippen molar-refractivity contribution in [2.24, 2.45) is 4.99 Å². The van der Waals surface area contributed by atoms with Crippen LogP contribution in [0.3, 0.4) is 0 Å². The molecule has 1 aliphatic carbocycles. The summed E-state index contributed by atoms with van der Waals surface area (Å²) in [6.45, 7) is 0. The monoisotopic (exact) mass is 380 g/mol. The van der Waals surface area contributed by atoms with E-state index in [4.69, 9.17) is 4.99 Å². The molecule has 2 heterocycles. The van der Waals surface area contributed by atoms with Crippen LogP contribution in [0.1, 0.15) is 38.1 Å². The molecule has 0 atom stereocenters. The van der Waals surface area contributed by atoms with Gasteiger partial charge in [-0.25, -0.2) is 4.99 Å². The van der Waals surface area contributed by atoms with E-state index in [-0.39, 0.29) is 10.6 Å². The van der Waals surface area contributed by atoms with Gasteiger partial charge in [0.15, 0.2) is 4.80 Å². The second-order valence-electron chi connectivity index (χ2n) is 6.70. The fourth-order valence-corrected chi connectivity index (χ4v) is 4.60. The number of non-ortho nitro benzene ring substituents is 1. The van der Waals surface area contributed by atoms with Crippen LogP contribution >= 0.6 is 11.3 Å². The van der Waals surface area contributed by atoms with Crippen molar-refractivity contribution >= 4 is 22.7 Å².